The predicted octanol–water partition coefficient (Wildman–Crippen LogP) is -0.534. The van der Waals surface area contributed by atoms with Gasteiger partial charge in [-0.2, -0.15) is 0 Å². The fourth-order valence-electron chi connectivity index (χ4n) is 1.37. The predicted molar refractivity (Wildman–Crippen MR) is 63.5 cm³/mol. The Balaban J connectivity index is 2.91. The second-order valence-corrected chi connectivity index (χ2v) is 3.74. The van der Waals surface area contributed by atoms with E-state index in [-0.39, 0.29) is 5.56 Å². The zero-order valence-corrected chi connectivity index (χ0v) is 9.72. The van der Waals surface area contributed by atoms with Crippen molar-refractivity contribution in [2.24, 2.45) is 5.73 Å². The standard InChI is InChI=1S/C11H12FN3O4/c12-6-3-1-2-5(9(6)14)10(17)15-7(11(18)19)4-8(13)16/h1-3,7H,4,14H2,(H2,13,16)(H,15,17)(H,18,19)/t7-/m0/s1. The zero-order chi connectivity index (χ0) is 14.6. The second-order valence-electron chi connectivity index (χ2n) is 3.74. The number of aliphatic carboxylic acids is 1. The molecule has 1 rings (SSSR count). The minimum atomic E-state index is -1.49. The number of carboxylic acids is 1. The smallest absolute Gasteiger partial charge is 0.326 e. The number of nitrogens with one attached hydrogen (secondary N) is 1. The first-order chi connectivity index (χ1) is 8.82. The lowest BCUT2D eigenvalue weighted by molar-refractivity contribution is -0.140. The van der Waals surface area contributed by atoms with Crippen LogP contribution in [-0.4, -0.2) is 28.9 Å². The normalized spacial score (nSPS) is 11.6. The number of carboxylic acid groups (broad SMARTS) is 1. The average Bonchev–Trinajstić information content (AvgIpc) is 2.31. The van der Waals surface area contributed by atoms with Crippen molar-refractivity contribution in [2.75, 3.05) is 5.73 Å². The van der Waals surface area contributed by atoms with Gasteiger partial charge in [-0.3, -0.25) is 9.59 Å². The first-order valence-corrected chi connectivity index (χ1v) is 5.19. The Kier molecular flexibility index (Phi) is 4.41. The Hall–Kier alpha value is -2.64. The monoisotopic (exact) mass is 269 g/mol. The maximum Gasteiger partial charge on any atom is 0.326 e. The molecule has 0 aliphatic rings. The molecule has 19 heavy (non-hydrogen) atoms. The summed E-state index contributed by atoms with van der Waals surface area (Å²) in [6.45, 7) is 0. The van der Waals surface area contributed by atoms with Gasteiger partial charge in [-0.1, -0.05) is 6.07 Å². The molecular weight excluding hydrogens is 257 g/mol. The Morgan fingerprint density at radius 1 is 1.37 bits per heavy atom. The SMILES string of the molecule is NC(=O)C[C@H](NC(=O)c1cccc(F)c1N)C(=O)O. The van der Waals surface area contributed by atoms with Crippen LogP contribution in [0.2, 0.25) is 0 Å². The highest BCUT2D eigenvalue weighted by molar-refractivity contribution is 6.01. The van der Waals surface area contributed by atoms with Gasteiger partial charge in [-0.15, -0.1) is 0 Å². The number of primary amides is 1. The maximum absolute atomic E-state index is 13.2. The van der Waals surface area contributed by atoms with Crippen LogP contribution in [0.15, 0.2) is 18.2 Å². The summed E-state index contributed by atoms with van der Waals surface area (Å²) in [6, 6.07) is 2.05. The van der Waals surface area contributed by atoms with Gasteiger partial charge in [0.15, 0.2) is 0 Å². The van der Waals surface area contributed by atoms with Gasteiger partial charge in [-0.25, -0.2) is 9.18 Å². The second kappa shape index (κ2) is 5.80. The summed E-state index contributed by atoms with van der Waals surface area (Å²) in [5, 5.41) is 10.9. The van der Waals surface area contributed by atoms with Crippen LogP contribution in [0.5, 0.6) is 0 Å². The molecule has 1 aromatic carbocycles. The van der Waals surface area contributed by atoms with E-state index in [4.69, 9.17) is 16.6 Å². The quantitative estimate of drug-likeness (QED) is 0.532. The van der Waals surface area contributed by atoms with Crippen LogP contribution < -0.4 is 16.8 Å². The molecule has 7 nitrogen and oxygen atoms in total. The van der Waals surface area contributed by atoms with Crippen molar-refractivity contribution in [3.8, 4) is 0 Å². The highest BCUT2D eigenvalue weighted by Crippen LogP contribution is 2.15. The van der Waals surface area contributed by atoms with E-state index in [1.54, 1.807) is 0 Å². The Bertz CT molecular complexity index is 533. The number of hydrogen-bond acceptors (Lipinski definition) is 4. The molecule has 1 atom stereocenters. The zero-order valence-electron chi connectivity index (χ0n) is 9.72. The minimum Gasteiger partial charge on any atom is -0.480 e. The summed E-state index contributed by atoms with van der Waals surface area (Å²) in [5.74, 6) is -4.01. The van der Waals surface area contributed by atoms with Crippen molar-refractivity contribution in [3.63, 3.8) is 0 Å². The molecule has 102 valence electrons. The Labute approximate surface area is 107 Å². The van der Waals surface area contributed by atoms with Gasteiger partial charge in [-0.05, 0) is 12.1 Å². The third-order valence-corrected chi connectivity index (χ3v) is 2.31. The Morgan fingerprint density at radius 2 is 2.00 bits per heavy atom. The molecule has 0 fully saturated rings. The Morgan fingerprint density at radius 3 is 2.53 bits per heavy atom. The van der Waals surface area contributed by atoms with Gasteiger partial charge < -0.3 is 21.9 Å². The lowest BCUT2D eigenvalue weighted by Crippen LogP contribution is -2.43. The summed E-state index contributed by atoms with van der Waals surface area (Å²) in [6.07, 6.45) is -0.573. The van der Waals surface area contributed by atoms with Crippen molar-refractivity contribution in [1.29, 1.82) is 0 Å². The number of carbonyl (C=O) groups excluding carboxylic acids is 2. The molecule has 0 aliphatic carbocycles. The number of rotatable bonds is 5. The van der Waals surface area contributed by atoms with Crippen molar-refractivity contribution in [3.05, 3.63) is 29.6 Å². The van der Waals surface area contributed by atoms with Gasteiger partial charge in [0, 0.05) is 0 Å². The first kappa shape index (κ1) is 14.4. The third kappa shape index (κ3) is 3.66. The van der Waals surface area contributed by atoms with Crippen LogP contribution in [-0.2, 0) is 9.59 Å². The molecule has 0 radical (unpaired) electrons. The number of benzene rings is 1. The van der Waals surface area contributed by atoms with Crippen molar-refractivity contribution in [1.82, 2.24) is 5.32 Å². The fraction of sp³-hybridized carbons (Fsp3) is 0.182. The van der Waals surface area contributed by atoms with E-state index in [2.05, 4.69) is 0 Å². The average molecular weight is 269 g/mol. The van der Waals surface area contributed by atoms with E-state index in [0.29, 0.717) is 0 Å². The topological polar surface area (TPSA) is 136 Å². The van der Waals surface area contributed by atoms with Gasteiger partial charge >= 0.3 is 5.97 Å². The fourth-order valence-corrected chi connectivity index (χ4v) is 1.37. The number of nitrogens with two attached hydrogens (primary N) is 2. The van der Waals surface area contributed by atoms with E-state index in [1.807, 2.05) is 5.32 Å². The van der Waals surface area contributed by atoms with Crippen LogP contribution in [0.25, 0.3) is 0 Å². The summed E-state index contributed by atoms with van der Waals surface area (Å²) < 4.78 is 13.2. The molecular formula is C11H12FN3O4. The van der Waals surface area contributed by atoms with Crippen LogP contribution >= 0.6 is 0 Å². The van der Waals surface area contributed by atoms with E-state index in [1.165, 1.54) is 12.1 Å². The first-order valence-electron chi connectivity index (χ1n) is 5.19. The lowest BCUT2D eigenvalue weighted by Gasteiger charge is -2.13. The van der Waals surface area contributed by atoms with E-state index < -0.39 is 41.8 Å². The van der Waals surface area contributed by atoms with Crippen LogP contribution in [0.1, 0.15) is 16.8 Å². The highest BCUT2D eigenvalue weighted by Gasteiger charge is 2.24. The molecule has 0 saturated heterocycles. The number of halogens is 1. The van der Waals surface area contributed by atoms with Gasteiger partial charge in [0.1, 0.15) is 11.9 Å². The van der Waals surface area contributed by atoms with Crippen LogP contribution in [0.3, 0.4) is 0 Å². The van der Waals surface area contributed by atoms with Crippen LogP contribution in [0, 0.1) is 5.82 Å². The molecule has 0 bridgehead atoms. The molecule has 0 unspecified atom stereocenters. The number of amides is 2. The summed E-state index contributed by atoms with van der Waals surface area (Å²) in [7, 11) is 0. The summed E-state index contributed by atoms with van der Waals surface area (Å²) >= 11 is 0. The number of carbonyl (C=O) groups is 3. The molecule has 6 N–H and O–H groups in total. The largest absolute Gasteiger partial charge is 0.480 e. The number of anilines is 1. The summed E-state index contributed by atoms with van der Waals surface area (Å²) in [4.78, 5) is 33.2. The maximum atomic E-state index is 13.2. The van der Waals surface area contributed by atoms with Crippen molar-refractivity contribution >= 4 is 23.5 Å². The van der Waals surface area contributed by atoms with Gasteiger partial charge in [0.25, 0.3) is 5.91 Å². The van der Waals surface area contributed by atoms with E-state index in [9.17, 15) is 18.8 Å². The van der Waals surface area contributed by atoms with Gasteiger partial charge in [0.05, 0.1) is 17.7 Å². The molecule has 0 spiro atoms. The molecule has 2 amide bonds. The molecule has 1 aromatic rings. The van der Waals surface area contributed by atoms with E-state index >= 15 is 0 Å². The minimum absolute atomic E-state index is 0.212. The van der Waals surface area contributed by atoms with Crippen molar-refractivity contribution < 1.29 is 23.9 Å². The number of nitrogen functional groups attached to an aromatic ring is 1. The molecule has 0 saturated carbocycles. The highest BCUT2D eigenvalue weighted by atomic mass is 19.1. The third-order valence-electron chi connectivity index (χ3n) is 2.31. The molecule has 0 aromatic heterocycles. The number of para-hydroxylation sites is 1. The molecule has 0 heterocycles. The van der Waals surface area contributed by atoms with E-state index in [0.717, 1.165) is 6.07 Å². The van der Waals surface area contributed by atoms with Crippen molar-refractivity contribution in [2.45, 2.75) is 12.5 Å². The van der Waals surface area contributed by atoms with Gasteiger partial charge in [0.2, 0.25) is 5.91 Å². The number of hydrogen-bond donors (Lipinski definition) is 4. The lowest BCUT2D eigenvalue weighted by atomic mass is 10.1. The van der Waals surface area contributed by atoms with Crippen LogP contribution in [0.4, 0.5) is 10.1 Å². The summed E-state index contributed by atoms with van der Waals surface area (Å²) in [5.41, 5.74) is 9.61. The molecule has 0 aliphatic heterocycles. The molecule has 8 heteroatoms.